The Morgan fingerprint density at radius 1 is 1.27 bits per heavy atom. The standard InChI is InChI=1S/C15H17N3O5S3/c1-3-10-25(20,21)11(2)14(19)17-12-4-6-13(7-5-12)26(22,23)18-15-16-8-9-24-15/h3-9,11H,1,10H2,2H3,(H,16,18)(H,17,19). The molecule has 1 aromatic heterocycles. The molecule has 2 rings (SSSR count). The van der Waals surface area contributed by atoms with E-state index >= 15 is 0 Å². The molecule has 0 saturated carbocycles. The maximum atomic E-state index is 12.2. The third kappa shape index (κ3) is 4.90. The highest BCUT2D eigenvalue weighted by molar-refractivity contribution is 7.93. The topological polar surface area (TPSA) is 122 Å². The lowest BCUT2D eigenvalue weighted by Gasteiger charge is -2.12. The third-order valence-electron chi connectivity index (χ3n) is 3.34. The van der Waals surface area contributed by atoms with Crippen LogP contribution in [0, 0.1) is 0 Å². The number of amides is 1. The molecule has 2 N–H and O–H groups in total. The summed E-state index contributed by atoms with van der Waals surface area (Å²) in [5, 5.41) is 3.07. The van der Waals surface area contributed by atoms with Crippen molar-refractivity contribution in [3.63, 3.8) is 0 Å². The van der Waals surface area contributed by atoms with Gasteiger partial charge in [0.15, 0.2) is 15.0 Å². The van der Waals surface area contributed by atoms with Crippen molar-refractivity contribution < 1.29 is 21.6 Å². The number of aromatic nitrogens is 1. The van der Waals surface area contributed by atoms with E-state index in [0.29, 0.717) is 0 Å². The predicted molar refractivity (Wildman–Crippen MR) is 101 cm³/mol. The van der Waals surface area contributed by atoms with Crippen LogP contribution in [0.15, 0.2) is 53.4 Å². The smallest absolute Gasteiger partial charge is 0.263 e. The minimum Gasteiger partial charge on any atom is -0.325 e. The summed E-state index contributed by atoms with van der Waals surface area (Å²) in [7, 11) is -7.43. The fraction of sp³-hybridized carbons (Fsp3) is 0.200. The molecule has 1 unspecified atom stereocenters. The molecular formula is C15H17N3O5S3. The number of thiazole rings is 1. The molecule has 2 aromatic rings. The van der Waals surface area contributed by atoms with Crippen molar-refractivity contribution in [3.8, 4) is 0 Å². The Bertz CT molecular complexity index is 982. The van der Waals surface area contributed by atoms with Crippen LogP contribution in [-0.4, -0.2) is 38.7 Å². The number of benzene rings is 1. The zero-order valence-electron chi connectivity index (χ0n) is 13.7. The molecule has 0 spiro atoms. The van der Waals surface area contributed by atoms with Crippen molar-refractivity contribution in [1.82, 2.24) is 4.98 Å². The van der Waals surface area contributed by atoms with Crippen LogP contribution >= 0.6 is 11.3 Å². The monoisotopic (exact) mass is 415 g/mol. The van der Waals surface area contributed by atoms with Gasteiger partial charge in [-0.25, -0.2) is 21.8 Å². The minimum atomic E-state index is -3.80. The number of sulfonamides is 1. The number of anilines is 2. The molecule has 0 radical (unpaired) electrons. The fourth-order valence-corrected chi connectivity index (χ4v) is 4.67. The maximum Gasteiger partial charge on any atom is 0.263 e. The Kier molecular flexibility index (Phi) is 6.16. The lowest BCUT2D eigenvalue weighted by atomic mass is 10.3. The van der Waals surface area contributed by atoms with Crippen molar-refractivity contribution in [2.24, 2.45) is 0 Å². The molecule has 1 heterocycles. The van der Waals surface area contributed by atoms with Gasteiger partial charge in [-0.1, -0.05) is 6.08 Å². The van der Waals surface area contributed by atoms with Gasteiger partial charge in [0.2, 0.25) is 5.91 Å². The number of nitrogens with zero attached hydrogens (tertiary/aromatic N) is 1. The molecule has 1 atom stereocenters. The lowest BCUT2D eigenvalue weighted by molar-refractivity contribution is -0.115. The van der Waals surface area contributed by atoms with Gasteiger partial charge in [0.05, 0.1) is 10.6 Å². The summed E-state index contributed by atoms with van der Waals surface area (Å²) in [5.74, 6) is -1.01. The van der Waals surface area contributed by atoms with Crippen LogP contribution in [0.3, 0.4) is 0 Å². The second-order valence-corrected chi connectivity index (χ2v) is 10.2. The summed E-state index contributed by atoms with van der Waals surface area (Å²) in [4.78, 5) is 15.9. The third-order valence-corrected chi connectivity index (χ3v) is 7.51. The quantitative estimate of drug-likeness (QED) is 0.635. The molecule has 140 valence electrons. The van der Waals surface area contributed by atoms with Crippen molar-refractivity contribution in [1.29, 1.82) is 0 Å². The average Bonchev–Trinajstić information content (AvgIpc) is 3.06. The molecule has 26 heavy (non-hydrogen) atoms. The SMILES string of the molecule is C=CCS(=O)(=O)C(C)C(=O)Nc1ccc(S(=O)(=O)Nc2nccs2)cc1. The van der Waals surface area contributed by atoms with Gasteiger partial charge in [-0.15, -0.1) is 17.9 Å². The van der Waals surface area contributed by atoms with E-state index in [1.165, 1.54) is 43.5 Å². The van der Waals surface area contributed by atoms with Crippen LogP contribution in [0.1, 0.15) is 6.92 Å². The zero-order chi connectivity index (χ0) is 19.4. The van der Waals surface area contributed by atoms with E-state index in [1.807, 2.05) is 0 Å². The minimum absolute atomic E-state index is 0.0157. The van der Waals surface area contributed by atoms with Gasteiger partial charge in [0.25, 0.3) is 10.0 Å². The van der Waals surface area contributed by atoms with Gasteiger partial charge >= 0.3 is 0 Å². The van der Waals surface area contributed by atoms with Crippen LogP contribution < -0.4 is 10.0 Å². The van der Waals surface area contributed by atoms with Crippen molar-refractivity contribution in [3.05, 3.63) is 48.5 Å². The Morgan fingerprint density at radius 2 is 1.92 bits per heavy atom. The highest BCUT2D eigenvalue weighted by Gasteiger charge is 2.26. The van der Waals surface area contributed by atoms with Crippen molar-refractivity contribution >= 4 is 47.9 Å². The number of carbonyl (C=O) groups excluding carboxylic acids is 1. The van der Waals surface area contributed by atoms with E-state index in [2.05, 4.69) is 21.6 Å². The van der Waals surface area contributed by atoms with E-state index < -0.39 is 31.0 Å². The summed E-state index contributed by atoms with van der Waals surface area (Å²) in [6.07, 6.45) is 2.69. The van der Waals surface area contributed by atoms with E-state index in [4.69, 9.17) is 0 Å². The number of rotatable bonds is 8. The Hall–Kier alpha value is -2.24. The van der Waals surface area contributed by atoms with Crippen LogP contribution in [0.25, 0.3) is 0 Å². The fourth-order valence-electron chi connectivity index (χ4n) is 1.88. The first-order valence-corrected chi connectivity index (χ1v) is 11.4. The lowest BCUT2D eigenvalue weighted by Crippen LogP contribution is -2.33. The van der Waals surface area contributed by atoms with E-state index in [0.717, 1.165) is 11.3 Å². The van der Waals surface area contributed by atoms with E-state index in [-0.39, 0.29) is 21.5 Å². The molecule has 1 aromatic carbocycles. The van der Waals surface area contributed by atoms with Gasteiger partial charge < -0.3 is 5.32 Å². The van der Waals surface area contributed by atoms with Gasteiger partial charge in [-0.05, 0) is 31.2 Å². The van der Waals surface area contributed by atoms with Crippen molar-refractivity contribution in [2.75, 3.05) is 15.8 Å². The second-order valence-electron chi connectivity index (χ2n) is 5.22. The van der Waals surface area contributed by atoms with Crippen molar-refractivity contribution in [2.45, 2.75) is 17.1 Å². The first-order valence-electron chi connectivity index (χ1n) is 7.31. The maximum absolute atomic E-state index is 12.2. The molecule has 0 aliphatic rings. The summed E-state index contributed by atoms with van der Waals surface area (Å²) in [6.45, 7) is 4.64. The molecular weight excluding hydrogens is 398 g/mol. The number of hydrogen-bond acceptors (Lipinski definition) is 7. The van der Waals surface area contributed by atoms with Crippen LogP contribution in [0.4, 0.5) is 10.8 Å². The first-order chi connectivity index (χ1) is 12.2. The Labute approximate surface area is 155 Å². The first kappa shape index (κ1) is 20.1. The summed E-state index contributed by atoms with van der Waals surface area (Å²) in [5.41, 5.74) is 0.281. The van der Waals surface area contributed by atoms with Gasteiger partial charge in [-0.3, -0.25) is 9.52 Å². The second kappa shape index (κ2) is 7.98. The summed E-state index contributed by atoms with van der Waals surface area (Å²) < 4.78 is 50.5. The van der Waals surface area contributed by atoms with E-state index in [9.17, 15) is 21.6 Å². The van der Waals surface area contributed by atoms with Gasteiger partial charge in [-0.2, -0.15) is 0 Å². The molecule has 11 heteroatoms. The molecule has 0 fully saturated rings. The average molecular weight is 416 g/mol. The summed E-state index contributed by atoms with van der Waals surface area (Å²) >= 11 is 1.14. The molecule has 0 bridgehead atoms. The Balaban J connectivity index is 2.10. The van der Waals surface area contributed by atoms with Crippen LogP contribution in [-0.2, 0) is 24.7 Å². The molecule has 0 saturated heterocycles. The summed E-state index contributed by atoms with van der Waals surface area (Å²) in [6, 6.07) is 5.35. The van der Waals surface area contributed by atoms with Gasteiger partial charge in [0, 0.05) is 17.3 Å². The van der Waals surface area contributed by atoms with E-state index in [1.54, 1.807) is 5.38 Å². The number of carbonyl (C=O) groups is 1. The predicted octanol–water partition coefficient (Wildman–Crippen LogP) is 1.87. The van der Waals surface area contributed by atoms with Crippen LogP contribution in [0.5, 0.6) is 0 Å². The largest absolute Gasteiger partial charge is 0.325 e. The number of hydrogen-bond donors (Lipinski definition) is 2. The van der Waals surface area contributed by atoms with Crippen LogP contribution in [0.2, 0.25) is 0 Å². The van der Waals surface area contributed by atoms with Gasteiger partial charge in [0.1, 0.15) is 5.25 Å². The highest BCUT2D eigenvalue weighted by atomic mass is 32.2. The Morgan fingerprint density at radius 3 is 2.46 bits per heavy atom. The zero-order valence-corrected chi connectivity index (χ0v) is 16.2. The number of nitrogens with one attached hydrogen (secondary N) is 2. The molecule has 1 amide bonds. The molecule has 8 nitrogen and oxygen atoms in total. The number of sulfone groups is 1. The molecule has 0 aliphatic carbocycles. The molecule has 0 aliphatic heterocycles. The highest BCUT2D eigenvalue weighted by Crippen LogP contribution is 2.20. The normalized spacial score (nSPS) is 13.0.